The molecule has 0 aliphatic carbocycles. The smallest absolute Gasteiger partial charge is 0.277 e. The average Bonchev–Trinajstić information content (AvgIpc) is 2.99. The lowest BCUT2D eigenvalue weighted by molar-refractivity contribution is 0.0976. The summed E-state index contributed by atoms with van der Waals surface area (Å²) >= 11 is 5.83. The largest absolute Gasteiger partial charge is 0.340 e. The number of para-hydroxylation sites is 1. The molecule has 0 radical (unpaired) electrons. The van der Waals surface area contributed by atoms with Gasteiger partial charge in [-0.05, 0) is 50.1 Å². The third-order valence-corrected chi connectivity index (χ3v) is 4.96. The number of anilines is 3. The quantitative estimate of drug-likeness (QED) is 0.683. The van der Waals surface area contributed by atoms with Crippen molar-refractivity contribution in [1.82, 2.24) is 9.97 Å². The molecule has 0 saturated carbocycles. The van der Waals surface area contributed by atoms with Crippen molar-refractivity contribution in [2.24, 2.45) is 0 Å². The molecule has 1 aromatic heterocycles. The van der Waals surface area contributed by atoms with Crippen molar-refractivity contribution in [2.45, 2.75) is 26.3 Å². The van der Waals surface area contributed by atoms with Gasteiger partial charge >= 0.3 is 0 Å². The number of rotatable bonds is 3. The third-order valence-electron chi connectivity index (χ3n) is 4.68. The van der Waals surface area contributed by atoms with Crippen LogP contribution in [0.5, 0.6) is 0 Å². The van der Waals surface area contributed by atoms with Crippen molar-refractivity contribution in [1.29, 1.82) is 0 Å². The van der Waals surface area contributed by atoms with Crippen molar-refractivity contribution in [3.63, 3.8) is 0 Å². The number of hydrogen-bond donors (Lipinski definition) is 1. The molecule has 0 saturated heterocycles. The fourth-order valence-electron chi connectivity index (χ4n) is 3.46. The molecule has 0 fully saturated rings. The molecule has 1 N–H and O–H groups in total. The van der Waals surface area contributed by atoms with Gasteiger partial charge in [0.05, 0.1) is 5.02 Å². The maximum absolute atomic E-state index is 13.4. The zero-order chi connectivity index (χ0) is 19.8. The number of nitrogens with one attached hydrogen (secondary N) is 1. The number of benzene rings is 2. The molecule has 1 aliphatic rings. The molecule has 1 aliphatic heterocycles. The van der Waals surface area contributed by atoms with Gasteiger partial charge in [0, 0.05) is 23.5 Å². The van der Waals surface area contributed by atoms with Gasteiger partial charge in [0.2, 0.25) is 0 Å². The molecule has 2 aromatic carbocycles. The molecule has 0 spiro atoms. The summed E-state index contributed by atoms with van der Waals surface area (Å²) in [5.41, 5.74) is 2.93. The van der Waals surface area contributed by atoms with Crippen LogP contribution in [-0.2, 0) is 6.42 Å². The van der Waals surface area contributed by atoms with E-state index in [1.54, 1.807) is 24.0 Å². The average molecular weight is 397 g/mol. The highest BCUT2D eigenvalue weighted by atomic mass is 35.5. The van der Waals surface area contributed by atoms with Gasteiger partial charge in [-0.1, -0.05) is 29.8 Å². The van der Waals surface area contributed by atoms with Crippen LogP contribution in [0.1, 0.15) is 28.8 Å². The van der Waals surface area contributed by atoms with Crippen molar-refractivity contribution >= 4 is 34.7 Å². The van der Waals surface area contributed by atoms with Gasteiger partial charge in [0.15, 0.2) is 0 Å². The van der Waals surface area contributed by atoms with Crippen LogP contribution in [0.25, 0.3) is 0 Å². The minimum Gasteiger partial charge on any atom is -0.340 e. The summed E-state index contributed by atoms with van der Waals surface area (Å²) in [5, 5.41) is 3.06. The number of carbonyl (C=O) groups excluding carboxylic acids is 1. The highest BCUT2D eigenvalue weighted by molar-refractivity contribution is 6.31. The van der Waals surface area contributed by atoms with Crippen LogP contribution in [-0.4, -0.2) is 21.9 Å². The van der Waals surface area contributed by atoms with Crippen molar-refractivity contribution in [3.8, 4) is 0 Å². The van der Waals surface area contributed by atoms with Crippen LogP contribution in [0.15, 0.2) is 48.5 Å². The second-order valence-electron chi connectivity index (χ2n) is 6.80. The Balaban J connectivity index is 1.65. The summed E-state index contributed by atoms with van der Waals surface area (Å²) in [4.78, 5) is 23.6. The number of halogens is 2. The van der Waals surface area contributed by atoms with Crippen molar-refractivity contribution < 1.29 is 9.18 Å². The van der Waals surface area contributed by atoms with E-state index in [1.807, 2.05) is 31.2 Å². The van der Waals surface area contributed by atoms with Gasteiger partial charge in [0.25, 0.3) is 5.91 Å². The minimum absolute atomic E-state index is 0.00887. The van der Waals surface area contributed by atoms with Crippen LogP contribution in [0, 0.1) is 12.7 Å². The summed E-state index contributed by atoms with van der Waals surface area (Å²) in [7, 11) is 0. The maximum atomic E-state index is 13.4. The van der Waals surface area contributed by atoms with Gasteiger partial charge in [0.1, 0.15) is 23.2 Å². The van der Waals surface area contributed by atoms with Crippen LogP contribution < -0.4 is 10.2 Å². The zero-order valence-electron chi connectivity index (χ0n) is 15.4. The predicted molar refractivity (Wildman–Crippen MR) is 108 cm³/mol. The first kappa shape index (κ1) is 18.4. The highest BCUT2D eigenvalue weighted by Crippen LogP contribution is 2.33. The molecule has 0 bridgehead atoms. The number of nitrogens with zero attached hydrogens (tertiary/aromatic N) is 3. The Morgan fingerprint density at radius 2 is 2.00 bits per heavy atom. The van der Waals surface area contributed by atoms with Crippen LogP contribution in [0.2, 0.25) is 5.02 Å². The molecule has 1 unspecified atom stereocenters. The van der Waals surface area contributed by atoms with Gasteiger partial charge in [-0.2, -0.15) is 0 Å². The lowest BCUT2D eigenvalue weighted by Gasteiger charge is -2.22. The van der Waals surface area contributed by atoms with Gasteiger partial charge in [-0.3, -0.25) is 4.79 Å². The van der Waals surface area contributed by atoms with Gasteiger partial charge in [-0.15, -0.1) is 0 Å². The van der Waals surface area contributed by atoms with E-state index in [0.717, 1.165) is 17.7 Å². The molecular weight excluding hydrogens is 379 g/mol. The number of hydrogen-bond acceptors (Lipinski definition) is 4. The van der Waals surface area contributed by atoms with E-state index < -0.39 is 5.82 Å². The number of aryl methyl sites for hydroxylation is 1. The molecular formula is C21H18ClFN4O. The van der Waals surface area contributed by atoms with Crippen molar-refractivity contribution in [2.75, 3.05) is 10.2 Å². The molecule has 2 heterocycles. The summed E-state index contributed by atoms with van der Waals surface area (Å²) < 4.78 is 13.4. The Kier molecular flexibility index (Phi) is 4.73. The molecule has 1 amide bonds. The topological polar surface area (TPSA) is 58.1 Å². The Morgan fingerprint density at radius 3 is 2.79 bits per heavy atom. The third kappa shape index (κ3) is 3.43. The number of fused-ring (bicyclic) bond motifs is 1. The minimum atomic E-state index is -0.497. The Morgan fingerprint density at radius 1 is 1.21 bits per heavy atom. The number of carbonyl (C=O) groups is 1. The lowest BCUT2D eigenvalue weighted by atomic mass is 10.1. The van der Waals surface area contributed by atoms with Gasteiger partial charge in [-0.25, -0.2) is 14.4 Å². The Hall–Kier alpha value is -2.99. The fraction of sp³-hybridized carbons (Fsp3) is 0.190. The molecule has 5 nitrogen and oxygen atoms in total. The second-order valence-corrected chi connectivity index (χ2v) is 7.20. The van der Waals surface area contributed by atoms with Crippen LogP contribution in [0.4, 0.5) is 21.6 Å². The van der Waals surface area contributed by atoms with E-state index >= 15 is 0 Å². The molecule has 7 heteroatoms. The first-order valence-electron chi connectivity index (χ1n) is 8.91. The summed E-state index contributed by atoms with van der Waals surface area (Å²) in [6.45, 7) is 3.74. The second kappa shape index (κ2) is 7.20. The SMILES string of the molecule is Cc1nc(Nc2ccc(F)c(Cl)c2)cc(C(=O)N2c3ccccc3CC2C)n1. The first-order valence-corrected chi connectivity index (χ1v) is 9.29. The maximum Gasteiger partial charge on any atom is 0.277 e. The van der Waals surface area contributed by atoms with Crippen LogP contribution in [0.3, 0.4) is 0 Å². The van der Waals surface area contributed by atoms with E-state index in [1.165, 1.54) is 12.1 Å². The van der Waals surface area contributed by atoms with Gasteiger partial charge < -0.3 is 10.2 Å². The van der Waals surface area contributed by atoms with E-state index in [4.69, 9.17) is 11.6 Å². The molecule has 28 heavy (non-hydrogen) atoms. The van der Waals surface area contributed by atoms with Crippen LogP contribution >= 0.6 is 11.6 Å². The standard InChI is InChI=1S/C21H18ClFN4O/c1-12-9-14-5-3-4-6-19(14)27(12)21(28)18-11-20(25-13(2)24-18)26-15-7-8-17(23)16(22)10-15/h3-8,10-12H,9H2,1-2H3,(H,24,25,26). The van der Waals surface area contributed by atoms with E-state index in [0.29, 0.717) is 23.0 Å². The molecule has 1 atom stereocenters. The summed E-state index contributed by atoms with van der Waals surface area (Å²) in [5.74, 6) is 0.229. The van der Waals surface area contributed by atoms with E-state index in [-0.39, 0.29) is 17.0 Å². The fourth-order valence-corrected chi connectivity index (χ4v) is 3.64. The van der Waals surface area contributed by atoms with E-state index in [9.17, 15) is 9.18 Å². The predicted octanol–water partition coefficient (Wildman–Crippen LogP) is 4.91. The normalized spacial score (nSPS) is 15.4. The van der Waals surface area contributed by atoms with E-state index in [2.05, 4.69) is 15.3 Å². The van der Waals surface area contributed by atoms with Crippen molar-refractivity contribution in [3.05, 3.63) is 76.5 Å². The monoisotopic (exact) mass is 396 g/mol. The Bertz CT molecular complexity index is 1070. The Labute approximate surface area is 167 Å². The molecule has 4 rings (SSSR count). The lowest BCUT2D eigenvalue weighted by Crippen LogP contribution is -2.36. The zero-order valence-corrected chi connectivity index (χ0v) is 16.2. The number of aromatic nitrogens is 2. The first-order chi connectivity index (χ1) is 13.4. The highest BCUT2D eigenvalue weighted by Gasteiger charge is 2.32. The summed E-state index contributed by atoms with van der Waals surface area (Å²) in [6.07, 6.45) is 0.811. The summed E-state index contributed by atoms with van der Waals surface area (Å²) in [6, 6.07) is 13.8. The molecule has 3 aromatic rings. The number of amides is 1. The molecule has 142 valence electrons.